The Morgan fingerprint density at radius 2 is 1.50 bits per heavy atom. The Morgan fingerprint density at radius 1 is 0.857 bits per heavy atom. The third-order valence-corrected chi connectivity index (χ3v) is 4.58. The van der Waals surface area contributed by atoms with Gasteiger partial charge in [0.2, 0.25) is 0 Å². The SMILES string of the molecule is CCNC(=NCC(c1ccccc1)c1ccccc1)NCCc1ccccn1. The topological polar surface area (TPSA) is 49.3 Å². The molecule has 1 aromatic heterocycles. The van der Waals surface area contributed by atoms with Crippen molar-refractivity contribution in [3.63, 3.8) is 0 Å². The third kappa shape index (κ3) is 5.95. The number of aromatic nitrogens is 1. The van der Waals surface area contributed by atoms with Crippen molar-refractivity contribution in [3.05, 3.63) is 102 Å². The molecule has 0 aliphatic heterocycles. The quantitative estimate of drug-likeness (QED) is 0.464. The molecule has 0 radical (unpaired) electrons. The van der Waals surface area contributed by atoms with Gasteiger partial charge in [-0.05, 0) is 30.2 Å². The molecule has 0 aliphatic rings. The normalized spacial score (nSPS) is 11.4. The van der Waals surface area contributed by atoms with Crippen molar-refractivity contribution in [2.45, 2.75) is 19.3 Å². The zero-order chi connectivity index (χ0) is 19.4. The summed E-state index contributed by atoms with van der Waals surface area (Å²) in [6, 6.07) is 27.2. The van der Waals surface area contributed by atoms with E-state index in [0.717, 1.165) is 31.2 Å². The zero-order valence-corrected chi connectivity index (χ0v) is 16.4. The van der Waals surface area contributed by atoms with Gasteiger partial charge in [-0.2, -0.15) is 0 Å². The lowest BCUT2D eigenvalue weighted by Gasteiger charge is -2.18. The highest BCUT2D eigenvalue weighted by atomic mass is 15.2. The van der Waals surface area contributed by atoms with Gasteiger partial charge in [0.05, 0.1) is 6.54 Å². The van der Waals surface area contributed by atoms with Gasteiger partial charge in [0.25, 0.3) is 0 Å². The Kier molecular flexibility index (Phi) is 7.62. The summed E-state index contributed by atoms with van der Waals surface area (Å²) < 4.78 is 0. The molecule has 0 spiro atoms. The molecule has 28 heavy (non-hydrogen) atoms. The lowest BCUT2D eigenvalue weighted by Crippen LogP contribution is -2.38. The minimum absolute atomic E-state index is 0.230. The van der Waals surface area contributed by atoms with E-state index in [1.165, 1.54) is 11.1 Å². The molecule has 2 aromatic carbocycles. The highest BCUT2D eigenvalue weighted by molar-refractivity contribution is 5.79. The summed E-state index contributed by atoms with van der Waals surface area (Å²) in [6.45, 7) is 4.40. The van der Waals surface area contributed by atoms with Crippen LogP contribution < -0.4 is 10.6 Å². The summed E-state index contributed by atoms with van der Waals surface area (Å²) in [5, 5.41) is 6.77. The van der Waals surface area contributed by atoms with Crippen molar-refractivity contribution in [1.82, 2.24) is 15.6 Å². The predicted octanol–water partition coefficient (Wildman–Crippen LogP) is 4.01. The first-order valence-electron chi connectivity index (χ1n) is 9.89. The average Bonchev–Trinajstić information content (AvgIpc) is 2.76. The third-order valence-electron chi connectivity index (χ3n) is 4.58. The van der Waals surface area contributed by atoms with Crippen LogP contribution in [0.1, 0.15) is 29.7 Å². The molecule has 3 rings (SSSR count). The summed E-state index contributed by atoms with van der Waals surface area (Å²) in [5.41, 5.74) is 3.64. The van der Waals surface area contributed by atoms with E-state index in [9.17, 15) is 0 Å². The molecule has 3 aromatic rings. The largest absolute Gasteiger partial charge is 0.357 e. The average molecular weight is 373 g/mol. The predicted molar refractivity (Wildman–Crippen MR) is 117 cm³/mol. The van der Waals surface area contributed by atoms with Gasteiger partial charge < -0.3 is 10.6 Å². The monoisotopic (exact) mass is 372 g/mol. The lowest BCUT2D eigenvalue weighted by molar-refractivity contribution is 0.764. The Labute approximate surface area is 167 Å². The van der Waals surface area contributed by atoms with Crippen LogP contribution in [0, 0.1) is 0 Å². The van der Waals surface area contributed by atoms with Gasteiger partial charge in [0.15, 0.2) is 5.96 Å². The highest BCUT2D eigenvalue weighted by Gasteiger charge is 2.13. The van der Waals surface area contributed by atoms with E-state index in [1.807, 2.05) is 24.4 Å². The smallest absolute Gasteiger partial charge is 0.191 e. The van der Waals surface area contributed by atoms with Gasteiger partial charge in [-0.15, -0.1) is 0 Å². The number of pyridine rings is 1. The van der Waals surface area contributed by atoms with Crippen LogP contribution in [0.3, 0.4) is 0 Å². The molecule has 4 nitrogen and oxygen atoms in total. The van der Waals surface area contributed by atoms with Crippen LogP contribution in [0.5, 0.6) is 0 Å². The minimum atomic E-state index is 0.230. The van der Waals surface area contributed by atoms with Crippen LogP contribution in [0.2, 0.25) is 0 Å². The van der Waals surface area contributed by atoms with Crippen molar-refractivity contribution in [1.29, 1.82) is 0 Å². The van der Waals surface area contributed by atoms with E-state index in [0.29, 0.717) is 6.54 Å². The van der Waals surface area contributed by atoms with Crippen molar-refractivity contribution >= 4 is 5.96 Å². The van der Waals surface area contributed by atoms with Crippen LogP contribution in [0.15, 0.2) is 90.1 Å². The number of hydrogen-bond donors (Lipinski definition) is 2. The molecular weight excluding hydrogens is 344 g/mol. The van der Waals surface area contributed by atoms with Crippen molar-refractivity contribution in [3.8, 4) is 0 Å². The van der Waals surface area contributed by atoms with Crippen molar-refractivity contribution in [2.75, 3.05) is 19.6 Å². The van der Waals surface area contributed by atoms with Gasteiger partial charge in [-0.1, -0.05) is 66.7 Å². The molecule has 0 aliphatic carbocycles. The van der Waals surface area contributed by atoms with Gasteiger partial charge in [0, 0.05) is 37.3 Å². The maximum Gasteiger partial charge on any atom is 0.191 e. The Morgan fingerprint density at radius 3 is 2.07 bits per heavy atom. The number of nitrogens with one attached hydrogen (secondary N) is 2. The first kappa shape index (κ1) is 19.6. The van der Waals surface area contributed by atoms with Crippen LogP contribution >= 0.6 is 0 Å². The van der Waals surface area contributed by atoms with E-state index in [4.69, 9.17) is 4.99 Å². The maximum absolute atomic E-state index is 4.87. The number of hydrogen-bond acceptors (Lipinski definition) is 2. The maximum atomic E-state index is 4.87. The summed E-state index contributed by atoms with van der Waals surface area (Å²) >= 11 is 0. The number of aliphatic imine (C=N–C) groups is 1. The summed E-state index contributed by atoms with van der Waals surface area (Å²) in [6.07, 6.45) is 2.70. The van der Waals surface area contributed by atoms with Crippen LogP contribution in [0.25, 0.3) is 0 Å². The van der Waals surface area contributed by atoms with E-state index >= 15 is 0 Å². The molecule has 0 atom stereocenters. The Balaban J connectivity index is 1.69. The molecule has 0 fully saturated rings. The summed E-state index contributed by atoms with van der Waals surface area (Å²) in [4.78, 5) is 9.25. The van der Waals surface area contributed by atoms with Gasteiger partial charge in [-0.3, -0.25) is 9.98 Å². The molecule has 0 bridgehead atoms. The molecule has 1 heterocycles. The van der Waals surface area contributed by atoms with E-state index < -0.39 is 0 Å². The van der Waals surface area contributed by atoms with Crippen LogP contribution in [0.4, 0.5) is 0 Å². The molecule has 0 amide bonds. The number of nitrogens with zero attached hydrogens (tertiary/aromatic N) is 2. The van der Waals surface area contributed by atoms with Crippen LogP contribution in [-0.4, -0.2) is 30.6 Å². The molecular formula is C24H28N4. The second-order valence-electron chi connectivity index (χ2n) is 6.59. The Bertz CT molecular complexity index is 793. The number of guanidine groups is 1. The molecule has 0 saturated heterocycles. The molecule has 4 heteroatoms. The highest BCUT2D eigenvalue weighted by Crippen LogP contribution is 2.24. The van der Waals surface area contributed by atoms with Crippen LogP contribution in [-0.2, 0) is 6.42 Å². The van der Waals surface area contributed by atoms with Gasteiger partial charge >= 0.3 is 0 Å². The van der Waals surface area contributed by atoms with E-state index in [2.05, 4.69) is 83.2 Å². The zero-order valence-electron chi connectivity index (χ0n) is 16.4. The minimum Gasteiger partial charge on any atom is -0.357 e. The summed E-state index contributed by atoms with van der Waals surface area (Å²) in [5.74, 6) is 1.07. The second kappa shape index (κ2) is 10.9. The van der Waals surface area contributed by atoms with E-state index in [1.54, 1.807) is 0 Å². The number of rotatable bonds is 8. The standard InChI is InChI=1S/C24H28N4/c1-2-25-24(27-18-16-22-15-9-10-17-26-22)28-19-23(20-11-5-3-6-12-20)21-13-7-4-8-14-21/h3-15,17,23H,2,16,18-19H2,1H3,(H2,25,27,28). The van der Waals surface area contributed by atoms with Crippen molar-refractivity contribution < 1.29 is 0 Å². The molecule has 2 N–H and O–H groups in total. The second-order valence-corrected chi connectivity index (χ2v) is 6.59. The fraction of sp³-hybridized carbons (Fsp3) is 0.250. The first-order chi connectivity index (χ1) is 13.9. The fourth-order valence-corrected chi connectivity index (χ4v) is 3.15. The summed E-state index contributed by atoms with van der Waals surface area (Å²) in [7, 11) is 0. The first-order valence-corrected chi connectivity index (χ1v) is 9.89. The molecule has 0 unspecified atom stereocenters. The van der Waals surface area contributed by atoms with Gasteiger partial charge in [-0.25, -0.2) is 0 Å². The molecule has 144 valence electrons. The van der Waals surface area contributed by atoms with Gasteiger partial charge in [0.1, 0.15) is 0 Å². The fourth-order valence-electron chi connectivity index (χ4n) is 3.15. The molecule has 0 saturated carbocycles. The number of benzene rings is 2. The Hall–Kier alpha value is -3.14. The van der Waals surface area contributed by atoms with E-state index in [-0.39, 0.29) is 5.92 Å². The lowest BCUT2D eigenvalue weighted by atomic mass is 9.91. The van der Waals surface area contributed by atoms with Crippen molar-refractivity contribution in [2.24, 2.45) is 4.99 Å².